The van der Waals surface area contributed by atoms with E-state index in [0.29, 0.717) is 55.9 Å². The number of para-hydroxylation sites is 2. The first-order valence-corrected chi connectivity index (χ1v) is 10.4. The summed E-state index contributed by atoms with van der Waals surface area (Å²) >= 11 is 0. The van der Waals surface area contributed by atoms with Crippen molar-refractivity contribution in [3.63, 3.8) is 0 Å². The molecule has 0 N–H and O–H groups in total. The number of rotatable bonds is 5. The van der Waals surface area contributed by atoms with E-state index in [9.17, 15) is 20.2 Å². The van der Waals surface area contributed by atoms with E-state index < -0.39 is 0 Å². The van der Waals surface area contributed by atoms with Gasteiger partial charge in [0.2, 0.25) is 5.91 Å². The summed E-state index contributed by atoms with van der Waals surface area (Å²) in [6.45, 7) is 5.93. The van der Waals surface area contributed by atoms with E-state index in [2.05, 4.69) is 16.2 Å². The van der Waals surface area contributed by atoms with Crippen LogP contribution in [0.15, 0.2) is 30.5 Å². The fourth-order valence-corrected chi connectivity index (χ4v) is 4.22. The Morgan fingerprint density at radius 3 is 2.62 bits per heavy atom. The van der Waals surface area contributed by atoms with Crippen LogP contribution in [0.2, 0.25) is 0 Å². The molecule has 0 spiro atoms. The molecule has 1 aromatic carbocycles. The van der Waals surface area contributed by atoms with Gasteiger partial charge in [0.25, 0.3) is 5.69 Å². The molecule has 2 aromatic heterocycles. The maximum absolute atomic E-state index is 12.8. The average molecular weight is 433 g/mol. The minimum absolute atomic E-state index is 0.0456. The lowest BCUT2D eigenvalue weighted by Crippen LogP contribution is -2.49. The van der Waals surface area contributed by atoms with E-state index in [-0.39, 0.29) is 16.5 Å². The number of hydrogen-bond donors (Lipinski definition) is 0. The molecule has 0 radical (unpaired) electrons. The third-order valence-corrected chi connectivity index (χ3v) is 5.97. The highest BCUT2D eigenvalue weighted by molar-refractivity contribution is 5.77. The number of benzene rings is 1. The minimum Gasteiger partial charge on any atom is -0.362 e. The summed E-state index contributed by atoms with van der Waals surface area (Å²) in [6.07, 6.45) is 2.37. The fourth-order valence-electron chi connectivity index (χ4n) is 4.22. The van der Waals surface area contributed by atoms with Gasteiger partial charge in [-0.25, -0.2) is 9.50 Å². The molecule has 32 heavy (non-hydrogen) atoms. The Morgan fingerprint density at radius 2 is 1.94 bits per heavy atom. The van der Waals surface area contributed by atoms with Crippen LogP contribution >= 0.6 is 0 Å². The zero-order valence-corrected chi connectivity index (χ0v) is 18.0. The largest absolute Gasteiger partial charge is 0.362 e. The number of amides is 1. The zero-order valence-electron chi connectivity index (χ0n) is 18.0. The van der Waals surface area contributed by atoms with Gasteiger partial charge in [-0.1, -0.05) is 12.1 Å². The van der Waals surface area contributed by atoms with Crippen LogP contribution < -0.4 is 4.90 Å². The third-order valence-electron chi connectivity index (χ3n) is 5.97. The second-order valence-electron chi connectivity index (χ2n) is 7.78. The van der Waals surface area contributed by atoms with Gasteiger partial charge < -0.3 is 9.80 Å². The molecule has 3 heterocycles. The maximum atomic E-state index is 12.8. The highest BCUT2D eigenvalue weighted by Gasteiger charge is 2.25. The van der Waals surface area contributed by atoms with Crippen molar-refractivity contribution in [2.24, 2.45) is 0 Å². The summed E-state index contributed by atoms with van der Waals surface area (Å²) in [7, 11) is 0. The van der Waals surface area contributed by atoms with Gasteiger partial charge in [0.05, 0.1) is 11.1 Å². The molecule has 0 unspecified atom stereocenters. The molecule has 164 valence electrons. The standard InChI is InChI=1S/C22H23N7O3/c1-15-18(16(2)28-22(25-15)17(13-23)14-24-28)7-8-21(30)27-11-9-26(10-12-27)19-5-3-4-6-20(19)29(31)32/h3-6,14H,7-12H2,1-2H3. The quantitative estimate of drug-likeness (QED) is 0.447. The molecule has 1 amide bonds. The van der Waals surface area contributed by atoms with Crippen molar-refractivity contribution >= 4 is 22.9 Å². The van der Waals surface area contributed by atoms with Crippen molar-refractivity contribution in [1.82, 2.24) is 19.5 Å². The van der Waals surface area contributed by atoms with Crippen LogP contribution in [0.25, 0.3) is 5.65 Å². The van der Waals surface area contributed by atoms with E-state index in [0.717, 1.165) is 17.0 Å². The first-order chi connectivity index (χ1) is 15.4. The number of hydrogen-bond acceptors (Lipinski definition) is 7. The van der Waals surface area contributed by atoms with Crippen LogP contribution in [0.5, 0.6) is 0 Å². The third kappa shape index (κ3) is 3.85. The predicted octanol–water partition coefficient (Wildman–Crippen LogP) is 2.41. The lowest BCUT2D eigenvalue weighted by molar-refractivity contribution is -0.384. The summed E-state index contributed by atoms with van der Waals surface area (Å²) in [6, 6.07) is 8.78. The van der Waals surface area contributed by atoms with Crippen molar-refractivity contribution in [3.05, 3.63) is 63.1 Å². The smallest absolute Gasteiger partial charge is 0.292 e. The zero-order chi connectivity index (χ0) is 22.8. The number of anilines is 1. The van der Waals surface area contributed by atoms with Crippen LogP contribution in [0.1, 0.15) is 28.9 Å². The van der Waals surface area contributed by atoms with Crippen LogP contribution in [-0.2, 0) is 11.2 Å². The Hall–Kier alpha value is -4.00. The summed E-state index contributed by atoms with van der Waals surface area (Å²) in [5.41, 5.74) is 4.26. The van der Waals surface area contributed by atoms with Gasteiger partial charge in [-0.3, -0.25) is 14.9 Å². The highest BCUT2D eigenvalue weighted by atomic mass is 16.6. The van der Waals surface area contributed by atoms with E-state index in [1.54, 1.807) is 22.7 Å². The summed E-state index contributed by atoms with van der Waals surface area (Å²) in [5, 5.41) is 24.7. The van der Waals surface area contributed by atoms with Crippen molar-refractivity contribution in [2.75, 3.05) is 31.1 Å². The summed E-state index contributed by atoms with van der Waals surface area (Å²) in [4.78, 5) is 32.0. The van der Waals surface area contributed by atoms with E-state index in [1.807, 2.05) is 23.6 Å². The molecule has 0 aliphatic carbocycles. The molecule has 1 fully saturated rings. The summed E-state index contributed by atoms with van der Waals surface area (Å²) in [5.74, 6) is 0.0456. The molecular formula is C22H23N7O3. The Balaban J connectivity index is 1.40. The monoisotopic (exact) mass is 433 g/mol. The Kier molecular flexibility index (Phi) is 5.73. The van der Waals surface area contributed by atoms with Gasteiger partial charge in [0.1, 0.15) is 17.3 Å². The van der Waals surface area contributed by atoms with Gasteiger partial charge in [-0.2, -0.15) is 10.4 Å². The van der Waals surface area contributed by atoms with E-state index in [1.165, 1.54) is 12.3 Å². The van der Waals surface area contributed by atoms with E-state index >= 15 is 0 Å². The van der Waals surface area contributed by atoms with E-state index in [4.69, 9.17) is 0 Å². The average Bonchev–Trinajstić information content (AvgIpc) is 3.21. The molecule has 1 aliphatic heterocycles. The molecule has 1 aliphatic rings. The number of carbonyl (C=O) groups is 1. The number of nitro benzene ring substituents is 1. The van der Waals surface area contributed by atoms with Gasteiger partial charge in [-0.05, 0) is 31.9 Å². The second-order valence-corrected chi connectivity index (χ2v) is 7.78. The molecule has 0 bridgehead atoms. The van der Waals surface area contributed by atoms with Crippen molar-refractivity contribution in [2.45, 2.75) is 26.7 Å². The second kappa shape index (κ2) is 8.63. The van der Waals surface area contributed by atoms with Crippen LogP contribution in [0.4, 0.5) is 11.4 Å². The molecule has 1 saturated heterocycles. The Labute approximate surface area is 184 Å². The Morgan fingerprint density at radius 1 is 1.22 bits per heavy atom. The number of nitriles is 1. The maximum Gasteiger partial charge on any atom is 0.292 e. The highest BCUT2D eigenvalue weighted by Crippen LogP contribution is 2.28. The first-order valence-electron chi connectivity index (χ1n) is 10.4. The van der Waals surface area contributed by atoms with Crippen molar-refractivity contribution < 1.29 is 9.72 Å². The number of nitrogens with zero attached hydrogens (tertiary/aromatic N) is 7. The van der Waals surface area contributed by atoms with Gasteiger partial charge in [-0.15, -0.1) is 0 Å². The number of aryl methyl sites for hydroxylation is 2. The first kappa shape index (κ1) is 21.2. The summed E-state index contributed by atoms with van der Waals surface area (Å²) < 4.78 is 1.65. The number of fused-ring (bicyclic) bond motifs is 1. The van der Waals surface area contributed by atoms with Gasteiger partial charge in [0, 0.05) is 50.1 Å². The number of piperazine rings is 1. The lowest BCUT2D eigenvalue weighted by Gasteiger charge is -2.36. The molecule has 10 heteroatoms. The molecule has 3 aromatic rings. The minimum atomic E-state index is -0.373. The number of nitro groups is 1. The SMILES string of the molecule is Cc1nc2c(C#N)cnn2c(C)c1CCC(=O)N1CCN(c2ccccc2[N+](=O)[O-])CC1. The van der Waals surface area contributed by atoms with Crippen LogP contribution in [0.3, 0.4) is 0 Å². The topological polar surface area (TPSA) is 121 Å². The predicted molar refractivity (Wildman–Crippen MR) is 117 cm³/mol. The fraction of sp³-hybridized carbons (Fsp3) is 0.364. The van der Waals surface area contributed by atoms with Crippen LogP contribution in [-0.4, -0.2) is 56.5 Å². The van der Waals surface area contributed by atoms with Gasteiger partial charge >= 0.3 is 0 Å². The number of carbonyl (C=O) groups excluding carboxylic acids is 1. The number of aromatic nitrogens is 3. The van der Waals surface area contributed by atoms with Crippen molar-refractivity contribution in [1.29, 1.82) is 5.26 Å². The molecule has 10 nitrogen and oxygen atoms in total. The molecular weight excluding hydrogens is 410 g/mol. The molecule has 0 saturated carbocycles. The Bertz CT molecular complexity index is 1240. The van der Waals surface area contributed by atoms with Crippen molar-refractivity contribution in [3.8, 4) is 6.07 Å². The van der Waals surface area contributed by atoms with Gasteiger partial charge in [0.15, 0.2) is 5.65 Å². The lowest BCUT2D eigenvalue weighted by atomic mass is 10.1. The molecule has 4 rings (SSSR count). The molecule has 0 atom stereocenters. The normalized spacial score (nSPS) is 13.9. The van der Waals surface area contributed by atoms with Crippen LogP contribution in [0, 0.1) is 35.3 Å².